The van der Waals surface area contributed by atoms with Crippen molar-refractivity contribution in [2.24, 2.45) is 0 Å². The lowest BCUT2D eigenvalue weighted by atomic mass is 10.1. The van der Waals surface area contributed by atoms with Crippen molar-refractivity contribution in [1.82, 2.24) is 9.55 Å². The third kappa shape index (κ3) is 4.06. The zero-order chi connectivity index (χ0) is 20.3. The van der Waals surface area contributed by atoms with Crippen molar-refractivity contribution in [2.75, 3.05) is 20.8 Å². The number of fused-ring (bicyclic) bond motifs is 1. The maximum atomic E-state index is 13.0. The SMILES string of the molecule is COc1ccc(Cc2nc3cc(C(F)(F)F)ccc3n2CCCO)cc1OC. The van der Waals surface area contributed by atoms with Gasteiger partial charge in [-0.15, -0.1) is 0 Å². The fourth-order valence-corrected chi connectivity index (χ4v) is 3.14. The van der Waals surface area contributed by atoms with E-state index in [2.05, 4.69) is 4.98 Å². The van der Waals surface area contributed by atoms with Gasteiger partial charge in [0.15, 0.2) is 11.5 Å². The Hall–Kier alpha value is -2.74. The Balaban J connectivity index is 2.03. The Morgan fingerprint density at radius 3 is 2.43 bits per heavy atom. The van der Waals surface area contributed by atoms with Crippen LogP contribution in [0.1, 0.15) is 23.4 Å². The summed E-state index contributed by atoms with van der Waals surface area (Å²) in [6.07, 6.45) is -3.54. The molecule has 1 aromatic heterocycles. The number of hydrogen-bond acceptors (Lipinski definition) is 4. The molecule has 8 heteroatoms. The molecule has 0 unspecified atom stereocenters. The first-order chi connectivity index (χ1) is 13.4. The van der Waals surface area contributed by atoms with Gasteiger partial charge >= 0.3 is 6.18 Å². The first kappa shape index (κ1) is 20.0. The third-order valence-electron chi connectivity index (χ3n) is 4.50. The largest absolute Gasteiger partial charge is 0.493 e. The predicted molar refractivity (Wildman–Crippen MR) is 98.8 cm³/mol. The number of aliphatic hydroxyl groups excluding tert-OH is 1. The molecule has 0 aliphatic heterocycles. The van der Waals surface area contributed by atoms with Crippen LogP contribution in [0.5, 0.6) is 11.5 Å². The molecule has 0 saturated carbocycles. The standard InChI is InChI=1S/C20H21F3N2O3/c1-27-17-7-4-13(10-18(17)28-2)11-19-24-15-12-14(20(21,22)23)5-6-16(15)25(19)8-3-9-26/h4-7,10,12,26H,3,8-9,11H2,1-2H3. The molecule has 0 bridgehead atoms. The van der Waals surface area contributed by atoms with Crippen molar-refractivity contribution >= 4 is 11.0 Å². The summed E-state index contributed by atoms with van der Waals surface area (Å²) in [6, 6.07) is 8.99. The molecule has 0 atom stereocenters. The van der Waals surface area contributed by atoms with Crippen molar-refractivity contribution in [2.45, 2.75) is 25.6 Å². The van der Waals surface area contributed by atoms with Gasteiger partial charge in [0.1, 0.15) is 5.82 Å². The number of benzene rings is 2. The quantitative estimate of drug-likeness (QED) is 0.657. The maximum absolute atomic E-state index is 13.0. The first-order valence-electron chi connectivity index (χ1n) is 8.75. The summed E-state index contributed by atoms with van der Waals surface area (Å²) in [6.45, 7) is 0.442. The fourth-order valence-electron chi connectivity index (χ4n) is 3.14. The van der Waals surface area contributed by atoms with E-state index in [9.17, 15) is 18.3 Å². The number of nitrogens with zero attached hydrogens (tertiary/aromatic N) is 2. The van der Waals surface area contributed by atoms with Crippen LogP contribution in [0, 0.1) is 0 Å². The lowest BCUT2D eigenvalue weighted by Gasteiger charge is -2.11. The number of aromatic nitrogens is 2. The summed E-state index contributed by atoms with van der Waals surface area (Å²) in [7, 11) is 3.08. The predicted octanol–water partition coefficient (Wildman–Crippen LogP) is 4.05. The monoisotopic (exact) mass is 394 g/mol. The van der Waals surface area contributed by atoms with E-state index in [1.54, 1.807) is 13.2 Å². The van der Waals surface area contributed by atoms with Gasteiger partial charge in [-0.3, -0.25) is 0 Å². The molecule has 28 heavy (non-hydrogen) atoms. The molecule has 0 aliphatic rings. The van der Waals surface area contributed by atoms with Gasteiger partial charge in [-0.25, -0.2) is 4.98 Å². The van der Waals surface area contributed by atoms with Crippen LogP contribution < -0.4 is 9.47 Å². The minimum atomic E-state index is -4.42. The number of hydrogen-bond donors (Lipinski definition) is 1. The number of imidazole rings is 1. The van der Waals surface area contributed by atoms with Crippen LogP contribution in [-0.2, 0) is 19.1 Å². The van der Waals surface area contributed by atoms with Gasteiger partial charge in [0.2, 0.25) is 0 Å². The molecule has 0 fully saturated rings. The summed E-state index contributed by atoms with van der Waals surface area (Å²) in [5.74, 6) is 1.78. The average Bonchev–Trinajstić information content (AvgIpc) is 3.01. The van der Waals surface area contributed by atoms with E-state index in [-0.39, 0.29) is 12.1 Å². The van der Waals surface area contributed by atoms with Crippen molar-refractivity contribution in [3.8, 4) is 11.5 Å². The van der Waals surface area contributed by atoms with Gasteiger partial charge in [-0.05, 0) is 42.3 Å². The summed E-state index contributed by atoms with van der Waals surface area (Å²) in [4.78, 5) is 4.44. The van der Waals surface area contributed by atoms with E-state index in [0.29, 0.717) is 42.2 Å². The molecular weight excluding hydrogens is 373 g/mol. The van der Waals surface area contributed by atoms with Crippen LogP contribution in [0.3, 0.4) is 0 Å². The molecule has 0 saturated heterocycles. The molecule has 0 spiro atoms. The molecule has 0 amide bonds. The Kier molecular flexibility index (Phi) is 5.79. The van der Waals surface area contributed by atoms with Crippen LogP contribution in [0.4, 0.5) is 13.2 Å². The normalized spacial score (nSPS) is 11.8. The second-order valence-corrected chi connectivity index (χ2v) is 6.32. The van der Waals surface area contributed by atoms with E-state index >= 15 is 0 Å². The van der Waals surface area contributed by atoms with Crippen LogP contribution in [-0.4, -0.2) is 35.5 Å². The van der Waals surface area contributed by atoms with Crippen molar-refractivity contribution in [1.29, 1.82) is 0 Å². The van der Waals surface area contributed by atoms with E-state index in [0.717, 1.165) is 17.7 Å². The molecule has 1 N–H and O–H groups in total. The summed E-state index contributed by atoms with van der Waals surface area (Å²) >= 11 is 0. The summed E-state index contributed by atoms with van der Waals surface area (Å²) < 4.78 is 51.5. The molecule has 150 valence electrons. The van der Waals surface area contributed by atoms with Gasteiger partial charge in [0.05, 0.1) is 30.8 Å². The second kappa shape index (κ2) is 8.10. The maximum Gasteiger partial charge on any atom is 0.416 e. The first-order valence-corrected chi connectivity index (χ1v) is 8.75. The van der Waals surface area contributed by atoms with Gasteiger partial charge in [0, 0.05) is 19.6 Å². The van der Waals surface area contributed by atoms with Crippen LogP contribution >= 0.6 is 0 Å². The van der Waals surface area contributed by atoms with E-state index in [1.807, 2.05) is 16.7 Å². The minimum absolute atomic E-state index is 0.0178. The summed E-state index contributed by atoms with van der Waals surface area (Å²) in [5.41, 5.74) is 1.04. The second-order valence-electron chi connectivity index (χ2n) is 6.32. The number of methoxy groups -OCH3 is 2. The molecule has 0 radical (unpaired) electrons. The number of alkyl halides is 3. The highest BCUT2D eigenvalue weighted by Gasteiger charge is 2.31. The minimum Gasteiger partial charge on any atom is -0.493 e. The molecule has 3 aromatic rings. The smallest absolute Gasteiger partial charge is 0.416 e. The molecule has 1 heterocycles. The highest BCUT2D eigenvalue weighted by molar-refractivity contribution is 5.77. The van der Waals surface area contributed by atoms with Gasteiger partial charge in [-0.2, -0.15) is 13.2 Å². The van der Waals surface area contributed by atoms with Gasteiger partial charge < -0.3 is 19.1 Å². The van der Waals surface area contributed by atoms with Crippen molar-refractivity contribution < 1.29 is 27.8 Å². The van der Waals surface area contributed by atoms with E-state index < -0.39 is 11.7 Å². The third-order valence-corrected chi connectivity index (χ3v) is 4.50. The van der Waals surface area contributed by atoms with Crippen molar-refractivity contribution in [3.05, 3.63) is 53.3 Å². The molecule has 0 aliphatic carbocycles. The topological polar surface area (TPSA) is 56.5 Å². The number of halogens is 3. The zero-order valence-electron chi connectivity index (χ0n) is 15.6. The Morgan fingerprint density at radius 2 is 1.79 bits per heavy atom. The lowest BCUT2D eigenvalue weighted by Crippen LogP contribution is -2.07. The zero-order valence-corrected chi connectivity index (χ0v) is 15.6. The van der Waals surface area contributed by atoms with Gasteiger partial charge in [-0.1, -0.05) is 6.07 Å². The molecule has 2 aromatic carbocycles. The number of rotatable bonds is 7. The van der Waals surface area contributed by atoms with E-state index in [4.69, 9.17) is 9.47 Å². The molecule has 5 nitrogen and oxygen atoms in total. The highest BCUT2D eigenvalue weighted by Crippen LogP contribution is 2.32. The Morgan fingerprint density at radius 1 is 1.04 bits per heavy atom. The Labute approximate surface area is 160 Å². The number of ether oxygens (including phenoxy) is 2. The van der Waals surface area contributed by atoms with Crippen LogP contribution in [0.25, 0.3) is 11.0 Å². The van der Waals surface area contributed by atoms with Crippen LogP contribution in [0.2, 0.25) is 0 Å². The average molecular weight is 394 g/mol. The van der Waals surface area contributed by atoms with Crippen molar-refractivity contribution in [3.63, 3.8) is 0 Å². The Bertz CT molecular complexity index is 967. The molecule has 3 rings (SSSR count). The molecular formula is C20H21F3N2O3. The van der Waals surface area contributed by atoms with E-state index in [1.165, 1.54) is 13.2 Å². The fraction of sp³-hybridized carbons (Fsp3) is 0.350. The number of aliphatic hydroxyl groups is 1. The highest BCUT2D eigenvalue weighted by atomic mass is 19.4. The number of aryl methyl sites for hydroxylation is 1. The lowest BCUT2D eigenvalue weighted by molar-refractivity contribution is -0.137. The van der Waals surface area contributed by atoms with Gasteiger partial charge in [0.25, 0.3) is 0 Å². The van der Waals surface area contributed by atoms with Crippen LogP contribution in [0.15, 0.2) is 36.4 Å². The summed E-state index contributed by atoms with van der Waals surface area (Å²) in [5, 5.41) is 9.18.